The van der Waals surface area contributed by atoms with Crippen LogP contribution in [0.4, 0.5) is 0 Å². The van der Waals surface area contributed by atoms with E-state index in [0.29, 0.717) is 18.3 Å². The summed E-state index contributed by atoms with van der Waals surface area (Å²) in [7, 11) is 0. The minimum absolute atomic E-state index is 0.0463. The van der Waals surface area contributed by atoms with Crippen molar-refractivity contribution in [3.8, 4) is 0 Å². The molecular formula is C19H27NO2. The molecule has 2 unspecified atom stereocenters. The van der Waals surface area contributed by atoms with Gasteiger partial charge < -0.3 is 10.8 Å². The highest BCUT2D eigenvalue weighted by atomic mass is 16.3. The normalized spacial score (nSPS) is 50.6. The van der Waals surface area contributed by atoms with Crippen molar-refractivity contribution in [2.45, 2.75) is 64.5 Å². The monoisotopic (exact) mass is 301 g/mol. The fraction of sp³-hybridized carbons (Fsp3) is 0.737. The lowest BCUT2D eigenvalue weighted by molar-refractivity contribution is -0.119. The molecule has 0 saturated heterocycles. The van der Waals surface area contributed by atoms with Crippen LogP contribution < -0.4 is 5.73 Å². The summed E-state index contributed by atoms with van der Waals surface area (Å²) in [5.41, 5.74) is 9.27. The minimum atomic E-state index is -0.286. The predicted octanol–water partition coefficient (Wildman–Crippen LogP) is 2.74. The summed E-state index contributed by atoms with van der Waals surface area (Å²) in [5, 5.41) is 10.00. The molecule has 0 spiro atoms. The molecule has 3 saturated carbocycles. The number of allylic oxidation sites excluding steroid dienone is 3. The van der Waals surface area contributed by atoms with Gasteiger partial charge in [-0.2, -0.15) is 0 Å². The Kier molecular flexibility index (Phi) is 3.03. The third kappa shape index (κ3) is 1.73. The van der Waals surface area contributed by atoms with Crippen molar-refractivity contribution in [1.29, 1.82) is 0 Å². The molecule has 3 fully saturated rings. The summed E-state index contributed by atoms with van der Waals surface area (Å²) in [5.74, 6) is 1.11. The van der Waals surface area contributed by atoms with E-state index in [9.17, 15) is 9.90 Å². The first-order chi connectivity index (χ1) is 10.4. The van der Waals surface area contributed by atoms with E-state index in [1.165, 1.54) is 11.1 Å². The number of hydrogen-bond acceptors (Lipinski definition) is 3. The molecule has 0 heterocycles. The quantitative estimate of drug-likeness (QED) is 0.723. The van der Waals surface area contributed by atoms with Crippen LogP contribution >= 0.6 is 0 Å². The van der Waals surface area contributed by atoms with Gasteiger partial charge in [-0.3, -0.25) is 4.79 Å². The van der Waals surface area contributed by atoms with Gasteiger partial charge in [0.1, 0.15) is 0 Å². The minimum Gasteiger partial charge on any atom is -0.393 e. The van der Waals surface area contributed by atoms with Crippen molar-refractivity contribution in [2.24, 2.45) is 28.4 Å². The summed E-state index contributed by atoms with van der Waals surface area (Å²) in [4.78, 5) is 12.2. The highest BCUT2D eigenvalue weighted by Gasteiger charge is 2.58. The zero-order valence-electron chi connectivity index (χ0n) is 13.6. The number of hydrogen-bond donors (Lipinski definition) is 2. The van der Waals surface area contributed by atoms with Crippen molar-refractivity contribution < 1.29 is 9.90 Å². The molecule has 120 valence electrons. The highest BCUT2D eigenvalue weighted by molar-refractivity contribution is 5.88. The lowest BCUT2D eigenvalue weighted by atomic mass is 9.51. The second-order valence-corrected chi connectivity index (χ2v) is 8.47. The Labute approximate surface area is 132 Å². The second-order valence-electron chi connectivity index (χ2n) is 8.47. The van der Waals surface area contributed by atoms with Gasteiger partial charge in [-0.15, -0.1) is 0 Å². The molecule has 3 N–H and O–H groups in total. The van der Waals surface area contributed by atoms with E-state index in [1.54, 1.807) is 0 Å². The number of aliphatic hydroxyl groups excluding tert-OH is 1. The fourth-order valence-electron chi connectivity index (χ4n) is 5.83. The summed E-state index contributed by atoms with van der Waals surface area (Å²) in [6, 6.07) is -0.286. The third-order valence-corrected chi connectivity index (χ3v) is 7.47. The summed E-state index contributed by atoms with van der Waals surface area (Å²) >= 11 is 0. The van der Waals surface area contributed by atoms with Gasteiger partial charge in [0, 0.05) is 6.42 Å². The molecule has 0 aromatic carbocycles. The molecule has 4 aliphatic carbocycles. The highest BCUT2D eigenvalue weighted by Crippen LogP contribution is 2.62. The van der Waals surface area contributed by atoms with Gasteiger partial charge in [-0.05, 0) is 54.8 Å². The van der Waals surface area contributed by atoms with Crippen molar-refractivity contribution >= 4 is 5.78 Å². The molecule has 22 heavy (non-hydrogen) atoms. The van der Waals surface area contributed by atoms with Crippen LogP contribution in [0.5, 0.6) is 0 Å². The van der Waals surface area contributed by atoms with Crippen molar-refractivity contribution in [3.63, 3.8) is 0 Å². The van der Waals surface area contributed by atoms with Crippen LogP contribution in [0.3, 0.4) is 0 Å². The Bertz CT molecular complexity index is 592. The Morgan fingerprint density at radius 3 is 2.68 bits per heavy atom. The first kappa shape index (κ1) is 14.6. The molecule has 4 rings (SSSR count). The predicted molar refractivity (Wildman–Crippen MR) is 86.1 cm³/mol. The SMILES string of the molecule is C[C@]12CCC(O)CC1=CC=C1[C@H]2CC[C@]2(C)C(N)C(=O)C[C@@H]12. The van der Waals surface area contributed by atoms with E-state index in [0.717, 1.165) is 32.1 Å². The Hall–Kier alpha value is -0.930. The molecule has 0 aromatic heterocycles. The zero-order valence-corrected chi connectivity index (χ0v) is 13.6. The number of Topliss-reactive ketones (excluding diaryl/α,β-unsaturated/α-hetero) is 1. The van der Waals surface area contributed by atoms with Gasteiger partial charge >= 0.3 is 0 Å². The van der Waals surface area contributed by atoms with Crippen LogP contribution in [0.1, 0.15) is 52.4 Å². The van der Waals surface area contributed by atoms with Crippen molar-refractivity contribution in [2.75, 3.05) is 0 Å². The lowest BCUT2D eigenvalue weighted by Crippen LogP contribution is -2.49. The molecule has 0 aliphatic heterocycles. The third-order valence-electron chi connectivity index (χ3n) is 7.47. The average molecular weight is 301 g/mol. The van der Waals surface area contributed by atoms with E-state index in [4.69, 9.17) is 5.73 Å². The number of aliphatic hydroxyl groups is 1. The number of nitrogens with two attached hydrogens (primary N) is 1. The molecule has 0 radical (unpaired) electrons. The topological polar surface area (TPSA) is 63.3 Å². The van der Waals surface area contributed by atoms with Gasteiger partial charge in [-0.25, -0.2) is 0 Å². The molecule has 3 nitrogen and oxygen atoms in total. The average Bonchev–Trinajstić information content (AvgIpc) is 2.72. The van der Waals surface area contributed by atoms with E-state index in [-0.39, 0.29) is 28.8 Å². The van der Waals surface area contributed by atoms with E-state index < -0.39 is 0 Å². The number of carbonyl (C=O) groups excluding carboxylic acids is 1. The molecule has 4 aliphatic rings. The van der Waals surface area contributed by atoms with Crippen LogP contribution in [0, 0.1) is 22.7 Å². The van der Waals surface area contributed by atoms with Gasteiger partial charge in [0.2, 0.25) is 0 Å². The largest absolute Gasteiger partial charge is 0.393 e. The number of ketones is 1. The van der Waals surface area contributed by atoms with E-state index >= 15 is 0 Å². The van der Waals surface area contributed by atoms with Gasteiger partial charge in [-0.1, -0.05) is 37.1 Å². The van der Waals surface area contributed by atoms with Crippen LogP contribution in [0.2, 0.25) is 0 Å². The maximum Gasteiger partial charge on any atom is 0.150 e. The molecule has 0 bridgehead atoms. The standard InChI is InChI=1S/C19H27NO2/c1-18-7-5-12(21)9-11(18)3-4-13-14(18)6-8-19(2)15(13)10-16(22)17(19)20/h3-4,12,14-15,17,21H,5-10,20H2,1-2H3/t12?,14-,15+,17?,18+,19+/m1/s1. The van der Waals surface area contributed by atoms with Crippen LogP contribution in [0.15, 0.2) is 23.3 Å². The fourth-order valence-corrected chi connectivity index (χ4v) is 5.83. The first-order valence-corrected chi connectivity index (χ1v) is 8.74. The lowest BCUT2D eigenvalue weighted by Gasteiger charge is -2.54. The number of carbonyl (C=O) groups is 1. The summed E-state index contributed by atoms with van der Waals surface area (Å²) in [6.07, 6.45) is 9.93. The van der Waals surface area contributed by atoms with E-state index in [2.05, 4.69) is 26.0 Å². The van der Waals surface area contributed by atoms with Gasteiger partial charge in [0.25, 0.3) is 0 Å². The number of fused-ring (bicyclic) bond motifs is 5. The summed E-state index contributed by atoms with van der Waals surface area (Å²) < 4.78 is 0. The molecule has 3 heteroatoms. The maximum absolute atomic E-state index is 12.2. The second kappa shape index (κ2) is 4.55. The zero-order chi connectivity index (χ0) is 15.7. The Morgan fingerprint density at radius 2 is 1.91 bits per heavy atom. The molecule has 0 amide bonds. The Morgan fingerprint density at radius 1 is 1.14 bits per heavy atom. The summed E-state index contributed by atoms with van der Waals surface area (Å²) in [6.45, 7) is 4.60. The Balaban J connectivity index is 1.76. The van der Waals surface area contributed by atoms with Gasteiger partial charge in [0.05, 0.1) is 12.1 Å². The van der Waals surface area contributed by atoms with Crippen LogP contribution in [-0.4, -0.2) is 23.0 Å². The van der Waals surface area contributed by atoms with Crippen molar-refractivity contribution in [1.82, 2.24) is 0 Å². The van der Waals surface area contributed by atoms with Gasteiger partial charge in [0.15, 0.2) is 5.78 Å². The van der Waals surface area contributed by atoms with E-state index in [1.807, 2.05) is 0 Å². The molecule has 6 atom stereocenters. The molecule has 0 aromatic rings. The first-order valence-electron chi connectivity index (χ1n) is 8.74. The van der Waals surface area contributed by atoms with Crippen LogP contribution in [0.25, 0.3) is 0 Å². The van der Waals surface area contributed by atoms with Crippen LogP contribution in [-0.2, 0) is 4.79 Å². The smallest absolute Gasteiger partial charge is 0.150 e. The number of rotatable bonds is 0. The van der Waals surface area contributed by atoms with Crippen molar-refractivity contribution in [3.05, 3.63) is 23.3 Å². The maximum atomic E-state index is 12.2. The molecular weight excluding hydrogens is 274 g/mol.